The fourth-order valence-electron chi connectivity index (χ4n) is 7.15. The Morgan fingerprint density at radius 2 is 1.15 bits per heavy atom. The standard InChI is InChI=1S/C35H36O4/c1-9-13-27-26(12-4)37-31-17-23-22(16-30(31)38-27)34(7,8)20-35(23)19-33(5,6)21-15-29-32(18-24(21)35)39-28(14-10-2)25(11-3)36-29/h9-18H,2,4,19-20H2,1,3,5-8H3/b13-9-,25-11+,28-14+. The Bertz CT molecular complexity index is 1560. The molecule has 200 valence electrons. The lowest BCUT2D eigenvalue weighted by molar-refractivity contribution is 0.292. The summed E-state index contributed by atoms with van der Waals surface area (Å²) in [6.07, 6.45) is 13.0. The van der Waals surface area contributed by atoms with E-state index < -0.39 is 0 Å². The zero-order valence-corrected chi connectivity index (χ0v) is 23.7. The fraction of sp³-hybridized carbons (Fsp3) is 0.314. The molecule has 0 saturated heterocycles. The van der Waals surface area contributed by atoms with E-state index in [-0.39, 0.29) is 16.2 Å². The van der Waals surface area contributed by atoms with Crippen LogP contribution in [0.3, 0.4) is 0 Å². The maximum absolute atomic E-state index is 6.39. The van der Waals surface area contributed by atoms with Crippen molar-refractivity contribution >= 4 is 0 Å². The van der Waals surface area contributed by atoms with E-state index in [2.05, 4.69) is 65.1 Å². The van der Waals surface area contributed by atoms with E-state index in [0.717, 1.165) is 35.8 Å². The van der Waals surface area contributed by atoms with Gasteiger partial charge < -0.3 is 18.9 Å². The quantitative estimate of drug-likeness (QED) is 0.405. The zero-order valence-electron chi connectivity index (χ0n) is 23.7. The molecule has 6 rings (SSSR count). The first-order valence-corrected chi connectivity index (χ1v) is 13.6. The summed E-state index contributed by atoms with van der Waals surface area (Å²) in [6.45, 7) is 21.0. The molecule has 2 aliphatic carbocycles. The monoisotopic (exact) mass is 520 g/mol. The molecule has 1 spiro atoms. The number of benzene rings is 2. The van der Waals surface area contributed by atoms with Crippen LogP contribution in [0.4, 0.5) is 0 Å². The topological polar surface area (TPSA) is 36.9 Å². The molecule has 0 bridgehead atoms. The second kappa shape index (κ2) is 8.54. The molecule has 0 saturated carbocycles. The molecule has 0 aromatic heterocycles. The maximum Gasteiger partial charge on any atom is 0.170 e. The third-order valence-corrected chi connectivity index (χ3v) is 8.54. The van der Waals surface area contributed by atoms with Gasteiger partial charge in [0, 0.05) is 5.41 Å². The molecule has 0 radical (unpaired) electrons. The van der Waals surface area contributed by atoms with Crippen LogP contribution in [0.2, 0.25) is 0 Å². The molecule has 2 aliphatic heterocycles. The Hall–Kier alpha value is -3.92. The van der Waals surface area contributed by atoms with Crippen molar-refractivity contribution in [2.75, 3.05) is 0 Å². The number of hydrogen-bond acceptors (Lipinski definition) is 4. The van der Waals surface area contributed by atoms with Crippen molar-refractivity contribution in [1.82, 2.24) is 0 Å². The van der Waals surface area contributed by atoms with E-state index in [1.807, 2.05) is 38.2 Å². The highest BCUT2D eigenvalue weighted by Crippen LogP contribution is 2.65. The number of ether oxygens (including phenoxy) is 4. The normalized spacial score (nSPS) is 25.4. The molecular formula is C35H36O4. The lowest BCUT2D eigenvalue weighted by Gasteiger charge is -2.31. The second-order valence-corrected chi connectivity index (χ2v) is 12.2. The van der Waals surface area contributed by atoms with Crippen molar-refractivity contribution in [3.05, 3.63) is 119 Å². The highest BCUT2D eigenvalue weighted by molar-refractivity contribution is 5.67. The molecule has 1 atom stereocenters. The van der Waals surface area contributed by atoms with Crippen LogP contribution >= 0.6 is 0 Å². The van der Waals surface area contributed by atoms with Gasteiger partial charge in [-0.1, -0.05) is 53.0 Å². The van der Waals surface area contributed by atoms with Gasteiger partial charge in [0.15, 0.2) is 46.0 Å². The summed E-state index contributed by atoms with van der Waals surface area (Å²) in [4.78, 5) is 0. The number of rotatable bonds is 3. The van der Waals surface area contributed by atoms with Gasteiger partial charge in [-0.3, -0.25) is 0 Å². The highest BCUT2D eigenvalue weighted by Gasteiger charge is 2.57. The Morgan fingerprint density at radius 1 is 0.667 bits per heavy atom. The van der Waals surface area contributed by atoms with E-state index in [1.54, 1.807) is 12.2 Å². The number of fused-ring (bicyclic) bond motifs is 6. The second-order valence-electron chi connectivity index (χ2n) is 12.2. The third-order valence-electron chi connectivity index (χ3n) is 8.54. The minimum absolute atomic E-state index is 0.0583. The van der Waals surface area contributed by atoms with E-state index in [0.29, 0.717) is 23.0 Å². The zero-order chi connectivity index (χ0) is 27.7. The molecule has 2 heterocycles. The molecule has 4 aliphatic rings. The van der Waals surface area contributed by atoms with Gasteiger partial charge in [0.05, 0.1) is 0 Å². The van der Waals surface area contributed by atoms with Crippen molar-refractivity contribution in [1.29, 1.82) is 0 Å². The Morgan fingerprint density at radius 3 is 1.64 bits per heavy atom. The van der Waals surface area contributed by atoms with Gasteiger partial charge >= 0.3 is 0 Å². The average Bonchev–Trinajstić information content (AvgIpc) is 3.24. The Labute approximate surface area is 231 Å². The predicted molar refractivity (Wildman–Crippen MR) is 156 cm³/mol. The first-order valence-electron chi connectivity index (χ1n) is 13.6. The van der Waals surface area contributed by atoms with Crippen LogP contribution in [0.1, 0.15) is 76.6 Å². The van der Waals surface area contributed by atoms with Gasteiger partial charge in [0.25, 0.3) is 0 Å². The Kier molecular flexibility index (Phi) is 5.55. The van der Waals surface area contributed by atoms with Gasteiger partial charge in [0.2, 0.25) is 0 Å². The van der Waals surface area contributed by atoms with Gasteiger partial charge in [-0.15, -0.1) is 0 Å². The van der Waals surface area contributed by atoms with E-state index in [9.17, 15) is 0 Å². The van der Waals surface area contributed by atoms with Gasteiger partial charge in [0.1, 0.15) is 0 Å². The summed E-state index contributed by atoms with van der Waals surface area (Å²) >= 11 is 0. The number of allylic oxidation sites excluding steroid dienone is 6. The molecule has 0 amide bonds. The van der Waals surface area contributed by atoms with Crippen LogP contribution in [-0.4, -0.2) is 0 Å². The smallest absolute Gasteiger partial charge is 0.170 e. The fourth-order valence-corrected chi connectivity index (χ4v) is 7.15. The van der Waals surface area contributed by atoms with Crippen LogP contribution in [-0.2, 0) is 16.2 Å². The van der Waals surface area contributed by atoms with Crippen molar-refractivity contribution < 1.29 is 18.9 Å². The van der Waals surface area contributed by atoms with E-state index in [4.69, 9.17) is 18.9 Å². The summed E-state index contributed by atoms with van der Waals surface area (Å²) in [5, 5.41) is 0. The van der Waals surface area contributed by atoms with Crippen LogP contribution in [0.25, 0.3) is 0 Å². The van der Waals surface area contributed by atoms with Crippen LogP contribution in [0.15, 0.2) is 96.9 Å². The van der Waals surface area contributed by atoms with Crippen molar-refractivity contribution in [3.63, 3.8) is 0 Å². The molecule has 39 heavy (non-hydrogen) atoms. The first kappa shape index (κ1) is 25.4. The number of hydrogen-bond donors (Lipinski definition) is 0. The summed E-state index contributed by atoms with van der Waals surface area (Å²) in [7, 11) is 0. The minimum Gasteiger partial charge on any atom is -0.450 e. The van der Waals surface area contributed by atoms with Crippen molar-refractivity contribution in [2.45, 2.75) is 70.6 Å². The predicted octanol–water partition coefficient (Wildman–Crippen LogP) is 8.83. The highest BCUT2D eigenvalue weighted by atomic mass is 16.6. The molecule has 0 fully saturated rings. The molecular weight excluding hydrogens is 484 g/mol. The first-order chi connectivity index (χ1) is 18.6. The van der Waals surface area contributed by atoms with Crippen molar-refractivity contribution in [3.8, 4) is 23.0 Å². The van der Waals surface area contributed by atoms with Gasteiger partial charge in [-0.05, 0) is 108 Å². The van der Waals surface area contributed by atoms with E-state index >= 15 is 0 Å². The Balaban J connectivity index is 1.54. The van der Waals surface area contributed by atoms with Crippen LogP contribution in [0, 0.1) is 0 Å². The lowest BCUT2D eigenvalue weighted by Crippen LogP contribution is -2.27. The molecule has 4 nitrogen and oxygen atoms in total. The van der Waals surface area contributed by atoms with Gasteiger partial charge in [-0.2, -0.15) is 0 Å². The minimum atomic E-state index is -0.195. The summed E-state index contributed by atoms with van der Waals surface area (Å²) < 4.78 is 25.4. The summed E-state index contributed by atoms with van der Waals surface area (Å²) in [6, 6.07) is 8.80. The third kappa shape index (κ3) is 3.65. The van der Waals surface area contributed by atoms with Gasteiger partial charge in [-0.25, -0.2) is 0 Å². The lowest BCUT2D eigenvalue weighted by atomic mass is 9.72. The van der Waals surface area contributed by atoms with Crippen LogP contribution in [0.5, 0.6) is 23.0 Å². The van der Waals surface area contributed by atoms with E-state index in [1.165, 1.54) is 22.3 Å². The SMILES string of the molecule is C=C/C=C1/Oc2cc3c(cc2O/C1=C/C)C(C)(C)CC31CC(C)(C)c2cc3c(cc21)OC(C=C)=C(/C=C\C)O3. The average molecular weight is 521 g/mol. The largest absolute Gasteiger partial charge is 0.450 e. The summed E-state index contributed by atoms with van der Waals surface area (Å²) in [5.41, 5.74) is 4.89. The maximum atomic E-state index is 6.39. The van der Waals surface area contributed by atoms with Crippen molar-refractivity contribution in [2.24, 2.45) is 0 Å². The molecule has 4 heteroatoms. The molecule has 2 aromatic carbocycles. The summed E-state index contributed by atoms with van der Waals surface area (Å²) in [5.74, 6) is 5.63. The van der Waals surface area contributed by atoms with Crippen LogP contribution < -0.4 is 18.9 Å². The molecule has 2 aromatic rings. The molecule has 1 unspecified atom stereocenters. The molecule has 0 N–H and O–H groups in total.